The Labute approximate surface area is 159 Å². The van der Waals surface area contributed by atoms with Gasteiger partial charge in [0.2, 0.25) is 0 Å². The largest absolute Gasteiger partial charge is 0.382 e. The van der Waals surface area contributed by atoms with Gasteiger partial charge in [0.15, 0.2) is 5.65 Å². The Morgan fingerprint density at radius 1 is 1.28 bits per heavy atom. The number of alkyl halides is 1. The van der Waals surface area contributed by atoms with Crippen LogP contribution in [0.25, 0.3) is 5.65 Å². The SMILES string of the molecule is CC#N.Clc1cncc2nccn12.Nc1cncc(Cl)n1.O=CCCl. The molecule has 3 heterocycles. The highest BCUT2D eigenvalue weighted by Crippen LogP contribution is 2.07. The quantitative estimate of drug-likeness (QED) is 0.490. The van der Waals surface area contributed by atoms with Crippen molar-refractivity contribution in [1.29, 1.82) is 5.26 Å². The lowest BCUT2D eigenvalue weighted by Crippen LogP contribution is -1.89. The van der Waals surface area contributed by atoms with Crippen LogP contribution in [0.2, 0.25) is 10.3 Å². The molecule has 25 heavy (non-hydrogen) atoms. The molecule has 8 nitrogen and oxygen atoms in total. The Bertz CT molecular complexity index is 787. The molecule has 0 aliphatic heterocycles. The van der Waals surface area contributed by atoms with Crippen molar-refractivity contribution in [3.05, 3.63) is 47.5 Å². The van der Waals surface area contributed by atoms with E-state index in [0.29, 0.717) is 22.4 Å². The second-order valence-electron chi connectivity index (χ2n) is 3.70. The van der Waals surface area contributed by atoms with E-state index in [0.717, 1.165) is 5.65 Å². The molecule has 0 spiro atoms. The van der Waals surface area contributed by atoms with Gasteiger partial charge in [0.05, 0.1) is 36.7 Å². The summed E-state index contributed by atoms with van der Waals surface area (Å²) in [6.45, 7) is 1.43. The van der Waals surface area contributed by atoms with Crippen LogP contribution in [0.4, 0.5) is 5.82 Å². The minimum atomic E-state index is 0.111. The summed E-state index contributed by atoms with van der Waals surface area (Å²) in [6.07, 6.45) is 10.2. The van der Waals surface area contributed by atoms with Crippen molar-refractivity contribution in [2.45, 2.75) is 6.92 Å². The molecule has 0 radical (unpaired) electrons. The normalized spacial score (nSPS) is 8.44. The maximum absolute atomic E-state index is 9.04. The number of aldehydes is 1. The summed E-state index contributed by atoms with van der Waals surface area (Å²) in [5.41, 5.74) is 5.97. The Morgan fingerprint density at radius 3 is 2.32 bits per heavy atom. The number of aromatic nitrogens is 5. The summed E-state index contributed by atoms with van der Waals surface area (Å²) in [4.78, 5) is 24.2. The van der Waals surface area contributed by atoms with Crippen LogP contribution >= 0.6 is 34.8 Å². The number of carbonyl (C=O) groups is 1. The van der Waals surface area contributed by atoms with Crippen molar-refractivity contribution < 1.29 is 4.79 Å². The monoisotopic (exact) mass is 401 g/mol. The van der Waals surface area contributed by atoms with Crippen LogP contribution in [-0.4, -0.2) is 36.5 Å². The molecule has 0 atom stereocenters. The highest BCUT2D eigenvalue weighted by Gasteiger charge is 1.95. The minimum absolute atomic E-state index is 0.111. The Balaban J connectivity index is 0.000000345. The van der Waals surface area contributed by atoms with E-state index in [4.69, 9.17) is 50.6 Å². The first-order valence-corrected chi connectivity index (χ1v) is 7.75. The second kappa shape index (κ2) is 13.9. The maximum atomic E-state index is 9.04. The summed E-state index contributed by atoms with van der Waals surface area (Å²) in [5, 5.41) is 8.22. The van der Waals surface area contributed by atoms with Gasteiger partial charge in [-0.1, -0.05) is 23.2 Å². The predicted octanol–water partition coefficient (Wildman–Crippen LogP) is 3.05. The molecule has 2 N–H and O–H groups in total. The van der Waals surface area contributed by atoms with Gasteiger partial charge in [-0.05, 0) is 0 Å². The van der Waals surface area contributed by atoms with E-state index in [1.165, 1.54) is 19.3 Å². The third-order valence-corrected chi connectivity index (χ3v) is 2.55. The maximum Gasteiger partial charge on any atom is 0.156 e. The van der Waals surface area contributed by atoms with Crippen LogP contribution in [0.1, 0.15) is 6.92 Å². The number of halogens is 3. The summed E-state index contributed by atoms with van der Waals surface area (Å²) < 4.78 is 1.76. The zero-order chi connectivity index (χ0) is 19.1. The van der Waals surface area contributed by atoms with Crippen molar-refractivity contribution in [2.75, 3.05) is 11.6 Å². The Morgan fingerprint density at radius 2 is 1.88 bits per heavy atom. The van der Waals surface area contributed by atoms with Crippen LogP contribution in [0, 0.1) is 11.3 Å². The van der Waals surface area contributed by atoms with E-state index < -0.39 is 0 Å². The van der Waals surface area contributed by atoms with E-state index >= 15 is 0 Å². The fourth-order valence-electron chi connectivity index (χ4n) is 1.17. The predicted molar refractivity (Wildman–Crippen MR) is 97.5 cm³/mol. The number of rotatable bonds is 1. The van der Waals surface area contributed by atoms with Crippen LogP contribution in [0.15, 0.2) is 37.2 Å². The number of nitrogens with two attached hydrogens (primary N) is 1. The van der Waals surface area contributed by atoms with Gasteiger partial charge >= 0.3 is 0 Å². The van der Waals surface area contributed by atoms with Crippen LogP contribution in [0.5, 0.6) is 0 Å². The number of nitrogen functional groups attached to an aromatic ring is 1. The number of imidazole rings is 1. The molecule has 0 unspecified atom stereocenters. The van der Waals surface area contributed by atoms with Gasteiger partial charge in [0, 0.05) is 19.3 Å². The van der Waals surface area contributed by atoms with E-state index in [-0.39, 0.29) is 5.88 Å². The first kappa shape index (κ1) is 22.5. The molecular formula is C14H14Cl3N7O. The molecule has 0 aliphatic carbocycles. The number of nitriles is 1. The zero-order valence-corrected chi connectivity index (χ0v) is 15.3. The molecule has 0 fully saturated rings. The molecule has 0 aromatic carbocycles. The molecule has 11 heteroatoms. The third kappa shape index (κ3) is 10.1. The Kier molecular flexibility index (Phi) is 12.5. The molecule has 0 saturated heterocycles. The standard InChI is InChI=1S/C6H4ClN3.C4H4ClN3.C2H3ClO.C2H3N/c7-5-3-8-4-6-9-1-2-10(5)6;5-3-1-7-2-4(6)8-3;3-1-2-4;1-2-3/h1-4H;1-2H,(H2,6,8);2H,1H2;1H3. The highest BCUT2D eigenvalue weighted by atomic mass is 35.5. The molecule has 0 bridgehead atoms. The first-order chi connectivity index (χ1) is 12.0. The average molecular weight is 403 g/mol. The smallest absolute Gasteiger partial charge is 0.156 e. The molecule has 3 aromatic rings. The van der Waals surface area contributed by atoms with Crippen LogP contribution in [-0.2, 0) is 4.79 Å². The van der Waals surface area contributed by atoms with Crippen molar-refractivity contribution >= 4 is 52.6 Å². The second-order valence-corrected chi connectivity index (χ2v) is 4.78. The van der Waals surface area contributed by atoms with Crippen molar-refractivity contribution in [2.24, 2.45) is 0 Å². The minimum Gasteiger partial charge on any atom is -0.382 e. The van der Waals surface area contributed by atoms with E-state index in [9.17, 15) is 0 Å². The fourth-order valence-corrected chi connectivity index (χ4v) is 1.53. The molecule has 3 rings (SSSR count). The molecule has 0 saturated carbocycles. The van der Waals surface area contributed by atoms with Crippen LogP contribution < -0.4 is 5.73 Å². The van der Waals surface area contributed by atoms with E-state index in [1.54, 1.807) is 35.3 Å². The zero-order valence-electron chi connectivity index (χ0n) is 13.1. The van der Waals surface area contributed by atoms with Gasteiger partial charge in [-0.3, -0.25) is 14.4 Å². The highest BCUT2D eigenvalue weighted by molar-refractivity contribution is 6.29. The summed E-state index contributed by atoms with van der Waals surface area (Å²) >= 11 is 16.0. The number of hydrogen-bond donors (Lipinski definition) is 1. The van der Waals surface area contributed by atoms with Gasteiger partial charge in [0.25, 0.3) is 0 Å². The number of carbonyl (C=O) groups excluding carboxylic acids is 1. The van der Waals surface area contributed by atoms with Gasteiger partial charge in [0.1, 0.15) is 22.4 Å². The lowest BCUT2D eigenvalue weighted by molar-refractivity contribution is -0.105. The molecule has 0 aliphatic rings. The van der Waals surface area contributed by atoms with Crippen molar-refractivity contribution in [3.63, 3.8) is 0 Å². The topological polar surface area (TPSA) is 123 Å². The van der Waals surface area contributed by atoms with E-state index in [1.807, 2.05) is 0 Å². The summed E-state index contributed by atoms with van der Waals surface area (Å²) in [7, 11) is 0. The van der Waals surface area contributed by atoms with Gasteiger partial charge in [-0.2, -0.15) is 5.26 Å². The summed E-state index contributed by atoms with van der Waals surface area (Å²) in [5.74, 6) is 0.456. The lowest BCUT2D eigenvalue weighted by Gasteiger charge is -1.92. The fraction of sp³-hybridized carbons (Fsp3) is 0.143. The van der Waals surface area contributed by atoms with Crippen molar-refractivity contribution in [1.82, 2.24) is 24.3 Å². The average Bonchev–Trinajstić information content (AvgIpc) is 3.06. The third-order valence-electron chi connectivity index (χ3n) is 1.96. The number of fused-ring (bicyclic) bond motifs is 1. The van der Waals surface area contributed by atoms with Crippen LogP contribution in [0.3, 0.4) is 0 Å². The number of nitrogens with zero attached hydrogens (tertiary/aromatic N) is 6. The lowest BCUT2D eigenvalue weighted by atomic mass is 10.7. The Hall–Kier alpha value is -2.47. The molecular weight excluding hydrogens is 389 g/mol. The first-order valence-electron chi connectivity index (χ1n) is 6.46. The summed E-state index contributed by atoms with van der Waals surface area (Å²) in [6, 6.07) is 1.75. The molecule has 0 amide bonds. The number of hydrogen-bond acceptors (Lipinski definition) is 7. The molecule has 132 valence electrons. The van der Waals surface area contributed by atoms with Gasteiger partial charge < -0.3 is 10.5 Å². The van der Waals surface area contributed by atoms with E-state index in [2.05, 4.69) is 19.9 Å². The van der Waals surface area contributed by atoms with Gasteiger partial charge in [-0.25, -0.2) is 9.97 Å². The van der Waals surface area contributed by atoms with Crippen molar-refractivity contribution in [3.8, 4) is 6.07 Å². The number of anilines is 1. The van der Waals surface area contributed by atoms with Gasteiger partial charge in [-0.15, -0.1) is 11.6 Å². The molecule has 3 aromatic heterocycles.